The summed E-state index contributed by atoms with van der Waals surface area (Å²) in [5.41, 5.74) is 0.327. The van der Waals surface area contributed by atoms with Crippen molar-refractivity contribution in [2.24, 2.45) is 0 Å². The molecule has 0 aliphatic heterocycles. The molecule has 84 valence electrons. The maximum atomic E-state index is 13.6. The highest BCUT2D eigenvalue weighted by molar-refractivity contribution is 9.10. The van der Waals surface area contributed by atoms with E-state index in [0.29, 0.717) is 18.2 Å². The molecule has 16 heavy (non-hydrogen) atoms. The van der Waals surface area contributed by atoms with Crippen LogP contribution in [-0.2, 0) is 0 Å². The summed E-state index contributed by atoms with van der Waals surface area (Å²) in [5, 5.41) is 4.84. The molecular weight excluding hydrogens is 293 g/mol. The van der Waals surface area contributed by atoms with Crippen molar-refractivity contribution in [2.45, 2.75) is 6.92 Å². The van der Waals surface area contributed by atoms with Crippen molar-refractivity contribution in [3.05, 3.63) is 27.9 Å². The van der Waals surface area contributed by atoms with Crippen LogP contribution in [0.3, 0.4) is 0 Å². The topological polar surface area (TPSA) is 37.8 Å². The van der Waals surface area contributed by atoms with Crippen LogP contribution in [0.2, 0.25) is 0 Å². The molecule has 6 heteroatoms. The number of anilines is 1. The van der Waals surface area contributed by atoms with E-state index in [-0.39, 0.29) is 0 Å². The normalized spacial score (nSPS) is 10.4. The van der Waals surface area contributed by atoms with Gasteiger partial charge in [0.2, 0.25) is 5.95 Å². The average Bonchev–Trinajstić information content (AvgIpc) is 2.68. The molecule has 0 aliphatic rings. The minimum atomic E-state index is -0.412. The molecule has 2 aromatic heterocycles. The molecule has 0 aromatic carbocycles. The average molecular weight is 302 g/mol. The fraction of sp³-hybridized carbons (Fsp3) is 0.200. The molecule has 3 nitrogen and oxygen atoms in total. The second kappa shape index (κ2) is 4.88. The van der Waals surface area contributed by atoms with Gasteiger partial charge in [-0.25, -0.2) is 14.4 Å². The van der Waals surface area contributed by atoms with E-state index in [9.17, 15) is 4.39 Å². The number of rotatable bonds is 3. The van der Waals surface area contributed by atoms with Crippen LogP contribution in [0.25, 0.3) is 10.6 Å². The molecule has 0 radical (unpaired) electrons. The minimum absolute atomic E-state index is 0.327. The molecule has 0 bridgehead atoms. The summed E-state index contributed by atoms with van der Waals surface area (Å²) >= 11 is 4.80. The van der Waals surface area contributed by atoms with Gasteiger partial charge in [-0.2, -0.15) is 0 Å². The predicted octanol–water partition coefficient (Wildman–Crippen LogP) is 3.54. The first-order chi connectivity index (χ1) is 7.72. The predicted molar refractivity (Wildman–Crippen MR) is 67.2 cm³/mol. The molecule has 0 atom stereocenters. The number of halogens is 2. The van der Waals surface area contributed by atoms with Crippen LogP contribution in [0.15, 0.2) is 22.1 Å². The van der Waals surface area contributed by atoms with E-state index in [4.69, 9.17) is 0 Å². The Morgan fingerprint density at radius 3 is 3.00 bits per heavy atom. The van der Waals surface area contributed by atoms with Gasteiger partial charge in [0.1, 0.15) is 5.69 Å². The number of nitrogens with zero attached hydrogens (tertiary/aromatic N) is 2. The Hall–Kier alpha value is -1.01. The molecule has 0 saturated heterocycles. The standard InChI is InChI=1S/C10H9BrFN3S/c1-2-13-10-14-5-7(12)8(15-10)9-6(11)3-4-16-9/h3-5H,2H2,1H3,(H,13,14,15). The SMILES string of the molecule is CCNc1ncc(F)c(-c2sccc2Br)n1. The highest BCUT2D eigenvalue weighted by Crippen LogP contribution is 2.33. The van der Waals surface area contributed by atoms with Gasteiger partial charge >= 0.3 is 0 Å². The lowest BCUT2D eigenvalue weighted by molar-refractivity contribution is 0.619. The van der Waals surface area contributed by atoms with Crippen LogP contribution >= 0.6 is 27.3 Å². The maximum absolute atomic E-state index is 13.6. The molecule has 0 spiro atoms. The highest BCUT2D eigenvalue weighted by atomic mass is 79.9. The van der Waals surface area contributed by atoms with Crippen molar-refractivity contribution in [2.75, 3.05) is 11.9 Å². The first-order valence-electron chi connectivity index (χ1n) is 4.72. The summed E-state index contributed by atoms with van der Waals surface area (Å²) in [4.78, 5) is 8.79. The van der Waals surface area contributed by atoms with E-state index in [1.807, 2.05) is 18.4 Å². The lowest BCUT2D eigenvalue weighted by atomic mass is 10.3. The van der Waals surface area contributed by atoms with Gasteiger partial charge in [0.25, 0.3) is 0 Å². The Morgan fingerprint density at radius 2 is 2.38 bits per heavy atom. The summed E-state index contributed by atoms with van der Waals surface area (Å²) in [5.74, 6) is 0.0315. The number of aromatic nitrogens is 2. The summed E-state index contributed by atoms with van der Waals surface area (Å²) in [6.07, 6.45) is 1.19. The van der Waals surface area contributed by atoms with Crippen molar-refractivity contribution in [1.82, 2.24) is 9.97 Å². The van der Waals surface area contributed by atoms with E-state index < -0.39 is 5.82 Å². The first kappa shape index (κ1) is 11.5. The van der Waals surface area contributed by atoms with E-state index in [0.717, 1.165) is 9.35 Å². The van der Waals surface area contributed by atoms with E-state index in [2.05, 4.69) is 31.2 Å². The third-order valence-corrected chi connectivity index (χ3v) is 3.76. The van der Waals surface area contributed by atoms with Crippen molar-refractivity contribution in [1.29, 1.82) is 0 Å². The van der Waals surface area contributed by atoms with Gasteiger partial charge in [0, 0.05) is 11.0 Å². The Kier molecular flexibility index (Phi) is 3.50. The largest absolute Gasteiger partial charge is 0.354 e. The molecule has 1 N–H and O–H groups in total. The first-order valence-corrected chi connectivity index (χ1v) is 6.39. The third-order valence-electron chi connectivity index (χ3n) is 1.91. The molecular formula is C10H9BrFN3S. The summed E-state index contributed by atoms with van der Waals surface area (Å²) in [6.45, 7) is 2.64. The Balaban J connectivity index is 2.47. The second-order valence-corrected chi connectivity index (χ2v) is 4.79. The fourth-order valence-corrected chi connectivity index (χ4v) is 2.78. The van der Waals surface area contributed by atoms with Gasteiger partial charge in [0.15, 0.2) is 5.82 Å². The lowest BCUT2D eigenvalue weighted by Crippen LogP contribution is -2.03. The quantitative estimate of drug-likeness (QED) is 0.942. The fourth-order valence-electron chi connectivity index (χ4n) is 1.23. The molecule has 2 rings (SSSR count). The van der Waals surface area contributed by atoms with Crippen LogP contribution in [-0.4, -0.2) is 16.5 Å². The van der Waals surface area contributed by atoms with Crippen LogP contribution in [0, 0.1) is 5.82 Å². The third kappa shape index (κ3) is 2.22. The van der Waals surface area contributed by atoms with Crippen molar-refractivity contribution in [3.63, 3.8) is 0 Å². The van der Waals surface area contributed by atoms with Crippen molar-refractivity contribution in [3.8, 4) is 10.6 Å². The van der Waals surface area contributed by atoms with Gasteiger partial charge in [-0.3, -0.25) is 0 Å². The second-order valence-electron chi connectivity index (χ2n) is 3.02. The van der Waals surface area contributed by atoms with Crippen LogP contribution in [0.5, 0.6) is 0 Å². The Labute approximate surface area is 105 Å². The van der Waals surface area contributed by atoms with Crippen molar-refractivity contribution < 1.29 is 4.39 Å². The lowest BCUT2D eigenvalue weighted by Gasteiger charge is -2.04. The molecule has 2 aromatic rings. The minimum Gasteiger partial charge on any atom is -0.354 e. The van der Waals surface area contributed by atoms with Crippen LogP contribution < -0.4 is 5.32 Å². The van der Waals surface area contributed by atoms with Gasteiger partial charge < -0.3 is 5.32 Å². The molecule has 0 fully saturated rings. The van der Waals surface area contributed by atoms with E-state index >= 15 is 0 Å². The van der Waals surface area contributed by atoms with Crippen molar-refractivity contribution >= 4 is 33.2 Å². The summed E-state index contributed by atoms with van der Waals surface area (Å²) in [7, 11) is 0. The molecule has 0 unspecified atom stereocenters. The smallest absolute Gasteiger partial charge is 0.223 e. The van der Waals surface area contributed by atoms with E-state index in [1.54, 1.807) is 0 Å². The van der Waals surface area contributed by atoms with Gasteiger partial charge in [-0.1, -0.05) is 0 Å². The zero-order valence-corrected chi connectivity index (χ0v) is 10.9. The Morgan fingerprint density at radius 1 is 1.56 bits per heavy atom. The number of nitrogens with one attached hydrogen (secondary N) is 1. The highest BCUT2D eigenvalue weighted by Gasteiger charge is 2.13. The number of thiophene rings is 1. The van der Waals surface area contributed by atoms with Gasteiger partial charge in [-0.15, -0.1) is 11.3 Å². The molecule has 0 saturated carbocycles. The number of hydrogen-bond donors (Lipinski definition) is 1. The van der Waals surface area contributed by atoms with Crippen LogP contribution in [0.4, 0.5) is 10.3 Å². The molecule has 0 amide bonds. The van der Waals surface area contributed by atoms with Gasteiger partial charge in [0.05, 0.1) is 11.1 Å². The Bertz CT molecular complexity index is 501. The number of hydrogen-bond acceptors (Lipinski definition) is 4. The van der Waals surface area contributed by atoms with Gasteiger partial charge in [-0.05, 0) is 34.3 Å². The monoisotopic (exact) mass is 301 g/mol. The zero-order valence-electron chi connectivity index (χ0n) is 8.50. The summed E-state index contributed by atoms with van der Waals surface area (Å²) in [6, 6.07) is 1.87. The molecule has 0 aliphatic carbocycles. The van der Waals surface area contributed by atoms with Crippen LogP contribution in [0.1, 0.15) is 6.92 Å². The molecule has 2 heterocycles. The zero-order chi connectivity index (χ0) is 11.5. The maximum Gasteiger partial charge on any atom is 0.223 e. The summed E-state index contributed by atoms with van der Waals surface area (Å²) < 4.78 is 14.4. The van der Waals surface area contributed by atoms with E-state index in [1.165, 1.54) is 17.5 Å².